The fraction of sp³-hybridized carbons (Fsp3) is 0.136. The van der Waals surface area contributed by atoms with Crippen molar-refractivity contribution in [3.8, 4) is 0 Å². The zero-order valence-electron chi connectivity index (χ0n) is 14.6. The molecule has 1 unspecified atom stereocenters. The number of ether oxygens (including phenoxy) is 1. The average molecular weight is 385 g/mol. The van der Waals surface area contributed by atoms with Crippen molar-refractivity contribution in [2.75, 3.05) is 6.61 Å². The predicted octanol–water partition coefficient (Wildman–Crippen LogP) is 2.55. The lowest BCUT2D eigenvalue weighted by Crippen LogP contribution is -3.00. The quantitative estimate of drug-likeness (QED) is 0.482. The van der Waals surface area contributed by atoms with Crippen LogP contribution in [-0.2, 0) is 9.89 Å². The first-order valence-corrected chi connectivity index (χ1v) is 9.62. The first-order valence-electron chi connectivity index (χ1n) is 8.46. The van der Waals surface area contributed by atoms with Gasteiger partial charge >= 0.3 is 5.71 Å². The number of hydrogen-bond acceptors (Lipinski definition) is 2. The van der Waals surface area contributed by atoms with E-state index in [2.05, 4.69) is 36.4 Å². The summed E-state index contributed by atoms with van der Waals surface area (Å²) in [5.74, 6) is 0. The van der Waals surface area contributed by atoms with E-state index in [9.17, 15) is 4.79 Å². The second-order valence-corrected chi connectivity index (χ2v) is 7.43. The Morgan fingerprint density at radius 3 is 1.42 bits per heavy atom. The number of halogens is 1. The minimum absolute atomic E-state index is 0. The van der Waals surface area contributed by atoms with E-state index >= 15 is 0 Å². The molecule has 3 aromatic rings. The second kappa shape index (κ2) is 9.52. The maximum atomic E-state index is 12.6. The van der Waals surface area contributed by atoms with E-state index in [4.69, 9.17) is 4.74 Å². The Morgan fingerprint density at radius 1 is 0.769 bits per heavy atom. The summed E-state index contributed by atoms with van der Waals surface area (Å²) in [7, 11) is -0.689. The zero-order chi connectivity index (χ0) is 17.5. The number of rotatable bonds is 6. The molecule has 0 bridgehead atoms. The molecule has 0 aliphatic heterocycles. The van der Waals surface area contributed by atoms with Crippen LogP contribution in [0.2, 0.25) is 0 Å². The molecule has 3 aromatic carbocycles. The Hall–Kier alpha value is -2.15. The Bertz CT molecular complexity index is 711. The van der Waals surface area contributed by atoms with Crippen molar-refractivity contribution < 1.29 is 21.9 Å². The fourth-order valence-corrected chi connectivity index (χ4v) is 4.89. The van der Waals surface area contributed by atoms with Crippen LogP contribution in [0, 0.1) is 0 Å². The summed E-state index contributed by atoms with van der Waals surface area (Å²) in [6, 6.07) is 30.8. The van der Waals surface area contributed by atoms with Crippen LogP contribution in [0.15, 0.2) is 91.0 Å². The maximum Gasteiger partial charge on any atom is 0.447 e. The lowest BCUT2D eigenvalue weighted by molar-refractivity contribution is -0.00000975. The first kappa shape index (κ1) is 20.2. The van der Waals surface area contributed by atoms with Crippen LogP contribution in [-0.4, -0.2) is 12.3 Å². The Labute approximate surface area is 162 Å². The predicted molar refractivity (Wildman–Crippen MR) is 106 cm³/mol. The molecule has 134 valence electrons. The summed E-state index contributed by atoms with van der Waals surface area (Å²) in [5, 5.41) is -0.490. The van der Waals surface area contributed by atoms with Crippen molar-refractivity contribution in [1.29, 1.82) is 0 Å². The monoisotopic (exact) mass is 384 g/mol. The molecule has 0 radical (unpaired) electrons. The summed E-state index contributed by atoms with van der Waals surface area (Å²) in [5.41, 5.74) is 3.25. The van der Waals surface area contributed by atoms with Gasteiger partial charge < -0.3 is 17.1 Å². The Balaban J connectivity index is 0.00000243. The van der Waals surface area contributed by atoms with Crippen molar-refractivity contribution in [3.05, 3.63) is 108 Å². The Kier molecular flexibility index (Phi) is 7.38. The van der Waals surface area contributed by atoms with Crippen LogP contribution in [0.4, 0.5) is 4.79 Å². The van der Waals surface area contributed by atoms with Gasteiger partial charge in [0.1, 0.15) is 8.58 Å². The van der Waals surface area contributed by atoms with E-state index in [1.54, 1.807) is 0 Å². The molecule has 0 saturated heterocycles. The summed E-state index contributed by atoms with van der Waals surface area (Å²) in [6.45, 7) is 2.26. The van der Waals surface area contributed by atoms with Gasteiger partial charge in [-0.2, -0.15) is 0 Å². The van der Waals surface area contributed by atoms with Crippen LogP contribution in [0.3, 0.4) is 0 Å². The van der Waals surface area contributed by atoms with Crippen LogP contribution in [0.5, 0.6) is 0 Å². The summed E-state index contributed by atoms with van der Waals surface area (Å²) < 4.78 is 5.36. The molecule has 0 amide bonds. The highest BCUT2D eigenvalue weighted by molar-refractivity contribution is 7.58. The van der Waals surface area contributed by atoms with Crippen molar-refractivity contribution in [1.82, 2.24) is 0 Å². The number of benzene rings is 3. The maximum absolute atomic E-state index is 12.6. The minimum atomic E-state index is -0.689. The smallest absolute Gasteiger partial charge is 0.447 e. The highest BCUT2D eigenvalue weighted by atomic mass is 35.5. The normalized spacial score (nSPS) is 11.1. The molecular formula is C22H22ClO2P. The zero-order valence-corrected chi connectivity index (χ0v) is 16.5. The van der Waals surface area contributed by atoms with Crippen LogP contribution < -0.4 is 12.4 Å². The van der Waals surface area contributed by atoms with Gasteiger partial charge in [0.05, 0.1) is 6.61 Å². The van der Waals surface area contributed by atoms with Crippen molar-refractivity contribution in [2.24, 2.45) is 0 Å². The van der Waals surface area contributed by atoms with Crippen LogP contribution in [0.1, 0.15) is 23.6 Å². The van der Waals surface area contributed by atoms with Gasteiger partial charge in [-0.3, -0.25) is 0 Å². The third-order valence-corrected chi connectivity index (χ3v) is 6.14. The van der Waals surface area contributed by atoms with Gasteiger partial charge in [0.2, 0.25) is 0 Å². The Morgan fingerprint density at radius 2 is 1.12 bits per heavy atom. The minimum Gasteiger partial charge on any atom is -1.00 e. The van der Waals surface area contributed by atoms with Crippen LogP contribution >= 0.6 is 8.58 Å². The van der Waals surface area contributed by atoms with Crippen molar-refractivity contribution in [3.63, 3.8) is 0 Å². The molecule has 0 N–H and O–H groups in total. The molecule has 1 atom stereocenters. The van der Waals surface area contributed by atoms with Gasteiger partial charge in [-0.05, 0) is 6.92 Å². The largest absolute Gasteiger partial charge is 1.00 e. The van der Waals surface area contributed by atoms with Gasteiger partial charge in [0.15, 0.2) is 5.16 Å². The summed E-state index contributed by atoms with van der Waals surface area (Å²) in [4.78, 5) is 12.6. The SMILES string of the molecule is CCOC(=O)[PH2+]C(c1ccccc1)(c1ccccc1)c1ccccc1.[Cl-]. The van der Waals surface area contributed by atoms with Gasteiger partial charge in [-0.1, -0.05) is 91.0 Å². The molecule has 0 aliphatic carbocycles. The van der Waals surface area contributed by atoms with Gasteiger partial charge in [0, 0.05) is 16.7 Å². The molecule has 3 rings (SSSR count). The molecule has 0 aromatic heterocycles. The molecule has 2 nitrogen and oxygen atoms in total. The van der Waals surface area contributed by atoms with E-state index in [1.165, 1.54) is 0 Å². The van der Waals surface area contributed by atoms with Gasteiger partial charge in [-0.15, -0.1) is 0 Å². The fourth-order valence-electron chi connectivity index (χ4n) is 3.21. The van der Waals surface area contributed by atoms with E-state index in [-0.39, 0.29) is 18.1 Å². The number of carbonyl (C=O) groups excluding carboxylic acids is 1. The lowest BCUT2D eigenvalue weighted by Gasteiger charge is -2.29. The molecule has 0 heterocycles. The molecule has 0 aliphatic rings. The third-order valence-electron chi connectivity index (χ3n) is 4.31. The van der Waals surface area contributed by atoms with Crippen molar-refractivity contribution in [2.45, 2.75) is 12.1 Å². The first-order chi connectivity index (χ1) is 12.3. The second-order valence-electron chi connectivity index (χ2n) is 5.80. The van der Waals surface area contributed by atoms with E-state index in [1.807, 2.05) is 61.5 Å². The van der Waals surface area contributed by atoms with E-state index in [0.29, 0.717) is 6.61 Å². The number of carbonyl (C=O) groups is 1. The van der Waals surface area contributed by atoms with E-state index < -0.39 is 13.7 Å². The average Bonchev–Trinajstić information content (AvgIpc) is 2.68. The summed E-state index contributed by atoms with van der Waals surface area (Å²) in [6.07, 6.45) is 0. The molecule has 26 heavy (non-hydrogen) atoms. The molecule has 0 fully saturated rings. The highest BCUT2D eigenvalue weighted by Gasteiger charge is 2.45. The van der Waals surface area contributed by atoms with Crippen LogP contribution in [0.25, 0.3) is 0 Å². The third kappa shape index (κ3) is 4.15. The molecule has 4 heteroatoms. The van der Waals surface area contributed by atoms with Gasteiger partial charge in [0.25, 0.3) is 0 Å². The van der Waals surface area contributed by atoms with E-state index in [0.717, 1.165) is 16.7 Å². The van der Waals surface area contributed by atoms with Gasteiger partial charge in [-0.25, -0.2) is 4.79 Å². The lowest BCUT2D eigenvalue weighted by atomic mass is 9.84. The topological polar surface area (TPSA) is 26.3 Å². The molecular weight excluding hydrogens is 363 g/mol. The highest BCUT2D eigenvalue weighted by Crippen LogP contribution is 2.52. The van der Waals surface area contributed by atoms with Crippen molar-refractivity contribution >= 4 is 14.3 Å². The number of hydrogen-bond donors (Lipinski definition) is 0. The molecule has 0 saturated carbocycles. The molecule has 0 spiro atoms. The standard InChI is InChI=1S/C22H21O2P.ClH/c1-2-24-21(23)25-22(18-12-6-3-7-13-18,19-14-8-4-9-15-19)20-16-10-5-11-17-20;/h3-17,25H,2H2,1H3;1H. The summed E-state index contributed by atoms with van der Waals surface area (Å²) >= 11 is 0.